The van der Waals surface area contributed by atoms with Crippen LogP contribution >= 0.6 is 0 Å². The maximum absolute atomic E-state index is 11.2. The second-order valence-electron chi connectivity index (χ2n) is 4.77. The molecule has 1 rings (SSSR count). The van der Waals surface area contributed by atoms with Gasteiger partial charge in [-0.15, -0.1) is 0 Å². The molecule has 1 aliphatic heterocycles. The number of hydrogen-bond acceptors (Lipinski definition) is 7. The van der Waals surface area contributed by atoms with Crippen molar-refractivity contribution in [1.82, 2.24) is 0 Å². The van der Waals surface area contributed by atoms with E-state index in [1.165, 1.54) is 20.8 Å². The third kappa shape index (κ3) is 4.19. The number of carbonyl (C=O) groups excluding carboxylic acids is 3. The van der Waals surface area contributed by atoms with Crippen LogP contribution in [0.5, 0.6) is 0 Å². The molecule has 0 radical (unpaired) electrons. The van der Waals surface area contributed by atoms with Crippen molar-refractivity contribution in [2.75, 3.05) is 0 Å². The summed E-state index contributed by atoms with van der Waals surface area (Å²) in [5, 5.41) is 0. The predicted octanol–water partition coefficient (Wildman–Crippen LogP) is 0.589. The van der Waals surface area contributed by atoms with Gasteiger partial charge in [0.15, 0.2) is 18.3 Å². The van der Waals surface area contributed by atoms with E-state index in [0.29, 0.717) is 0 Å². The van der Waals surface area contributed by atoms with Gasteiger partial charge in [0.25, 0.3) is 0 Å². The lowest BCUT2D eigenvalue weighted by Crippen LogP contribution is -2.59. The summed E-state index contributed by atoms with van der Waals surface area (Å²) in [5.41, 5.74) is 0. The molecular weight excluding hydrogens is 268 g/mol. The first-order chi connectivity index (χ1) is 9.22. The molecule has 3 unspecified atom stereocenters. The molecule has 1 saturated heterocycles. The van der Waals surface area contributed by atoms with Gasteiger partial charge in [0.2, 0.25) is 0 Å². The Bertz CT molecular complexity index is 364. The Morgan fingerprint density at radius 3 is 1.30 bits per heavy atom. The van der Waals surface area contributed by atoms with Crippen molar-refractivity contribution >= 4 is 17.9 Å². The summed E-state index contributed by atoms with van der Waals surface area (Å²) >= 11 is 0. The van der Waals surface area contributed by atoms with E-state index in [2.05, 4.69) is 0 Å². The number of esters is 3. The van der Waals surface area contributed by atoms with Gasteiger partial charge in [-0.05, 0) is 13.8 Å². The zero-order valence-corrected chi connectivity index (χ0v) is 12.2. The van der Waals surface area contributed by atoms with Crippen LogP contribution in [0.4, 0.5) is 0 Å². The predicted molar refractivity (Wildman–Crippen MR) is 66.7 cm³/mol. The van der Waals surface area contributed by atoms with Gasteiger partial charge in [-0.25, -0.2) is 0 Å². The van der Waals surface area contributed by atoms with E-state index in [1.54, 1.807) is 13.8 Å². The van der Waals surface area contributed by atoms with Crippen LogP contribution < -0.4 is 0 Å². The van der Waals surface area contributed by atoms with E-state index in [4.69, 9.17) is 18.9 Å². The van der Waals surface area contributed by atoms with Gasteiger partial charge < -0.3 is 18.9 Å². The zero-order valence-electron chi connectivity index (χ0n) is 12.2. The van der Waals surface area contributed by atoms with Crippen LogP contribution in [-0.2, 0) is 33.3 Å². The van der Waals surface area contributed by atoms with Crippen LogP contribution in [0, 0.1) is 0 Å². The van der Waals surface area contributed by atoms with Gasteiger partial charge in [0.05, 0.1) is 12.2 Å². The summed E-state index contributed by atoms with van der Waals surface area (Å²) in [4.78, 5) is 33.6. The Kier molecular flexibility index (Phi) is 5.50. The molecule has 0 aliphatic carbocycles. The van der Waals surface area contributed by atoms with Gasteiger partial charge in [-0.3, -0.25) is 14.4 Å². The van der Waals surface area contributed by atoms with E-state index in [-0.39, 0.29) is 0 Å². The van der Waals surface area contributed by atoms with Crippen molar-refractivity contribution in [3.8, 4) is 0 Å². The first kappa shape index (κ1) is 16.4. The smallest absolute Gasteiger partial charge is 0.303 e. The Hall–Kier alpha value is -1.63. The molecule has 0 aromatic carbocycles. The fraction of sp³-hybridized carbons (Fsp3) is 0.769. The van der Waals surface area contributed by atoms with Crippen LogP contribution in [0.2, 0.25) is 0 Å². The molecule has 0 amide bonds. The van der Waals surface area contributed by atoms with Crippen molar-refractivity contribution in [3.63, 3.8) is 0 Å². The van der Waals surface area contributed by atoms with Gasteiger partial charge in [0.1, 0.15) is 0 Å². The second-order valence-corrected chi connectivity index (χ2v) is 4.77. The largest absolute Gasteiger partial charge is 0.456 e. The number of carbonyl (C=O) groups is 3. The molecule has 0 aromatic rings. The highest BCUT2D eigenvalue weighted by atomic mass is 16.6. The van der Waals surface area contributed by atoms with E-state index in [9.17, 15) is 14.4 Å². The average Bonchev–Trinajstić information content (AvgIpc) is 2.27. The molecule has 0 saturated carbocycles. The SMILES string of the molecule is CC(=O)OC1C(OC(C)=O)[C@H](C)OC(C)[C@H]1OC(C)=O. The summed E-state index contributed by atoms with van der Waals surface area (Å²) in [5.74, 6) is -1.61. The first-order valence-corrected chi connectivity index (χ1v) is 6.39. The molecule has 1 heterocycles. The molecular formula is C13H20O7. The minimum atomic E-state index is -0.890. The molecule has 0 bridgehead atoms. The van der Waals surface area contributed by atoms with Crippen molar-refractivity contribution in [2.24, 2.45) is 0 Å². The maximum Gasteiger partial charge on any atom is 0.303 e. The number of hydrogen-bond donors (Lipinski definition) is 0. The molecule has 0 N–H and O–H groups in total. The molecule has 7 heteroatoms. The minimum absolute atomic E-state index is 0.481. The maximum atomic E-state index is 11.2. The van der Waals surface area contributed by atoms with Crippen LogP contribution in [0.25, 0.3) is 0 Å². The summed E-state index contributed by atoms with van der Waals surface area (Å²) in [6.07, 6.45) is -3.50. The number of ether oxygens (including phenoxy) is 4. The minimum Gasteiger partial charge on any atom is -0.456 e. The fourth-order valence-corrected chi connectivity index (χ4v) is 2.25. The molecule has 1 fully saturated rings. The highest BCUT2D eigenvalue weighted by Gasteiger charge is 2.48. The van der Waals surface area contributed by atoms with E-state index in [1.807, 2.05) is 0 Å². The Balaban J connectivity index is 3.01. The third-order valence-corrected chi connectivity index (χ3v) is 2.91. The van der Waals surface area contributed by atoms with E-state index >= 15 is 0 Å². The number of rotatable bonds is 3. The molecule has 20 heavy (non-hydrogen) atoms. The summed E-state index contributed by atoms with van der Waals surface area (Å²) < 4.78 is 21.1. The normalized spacial score (nSPS) is 33.1. The summed E-state index contributed by atoms with van der Waals surface area (Å²) in [6.45, 7) is 7.13. The van der Waals surface area contributed by atoms with Gasteiger partial charge in [0, 0.05) is 20.8 Å². The molecule has 5 atom stereocenters. The van der Waals surface area contributed by atoms with Crippen LogP contribution in [-0.4, -0.2) is 48.4 Å². The second kappa shape index (κ2) is 6.69. The monoisotopic (exact) mass is 288 g/mol. The molecule has 0 spiro atoms. The molecule has 0 aromatic heterocycles. The quantitative estimate of drug-likeness (QED) is 0.554. The van der Waals surface area contributed by atoms with E-state index in [0.717, 1.165) is 0 Å². The van der Waals surface area contributed by atoms with Crippen LogP contribution in [0.3, 0.4) is 0 Å². The lowest BCUT2D eigenvalue weighted by atomic mass is 9.95. The highest BCUT2D eigenvalue weighted by molar-refractivity contribution is 5.68. The van der Waals surface area contributed by atoms with Crippen molar-refractivity contribution in [2.45, 2.75) is 65.1 Å². The fourth-order valence-electron chi connectivity index (χ4n) is 2.25. The molecule has 1 aliphatic rings. The van der Waals surface area contributed by atoms with Gasteiger partial charge in [-0.1, -0.05) is 0 Å². The Morgan fingerprint density at radius 1 is 0.700 bits per heavy atom. The Labute approximate surface area is 117 Å². The molecule has 7 nitrogen and oxygen atoms in total. The highest BCUT2D eigenvalue weighted by Crippen LogP contribution is 2.28. The van der Waals surface area contributed by atoms with E-state index < -0.39 is 48.4 Å². The standard InChI is InChI=1S/C13H20O7/c1-6-11(18-8(3)14)13(20-10(5)16)12(7(2)17-6)19-9(4)15/h6-7,11-13H,1-5H3/t6-,7?,11?,12+,13?/m0/s1. The van der Waals surface area contributed by atoms with Crippen LogP contribution in [0.1, 0.15) is 34.6 Å². The first-order valence-electron chi connectivity index (χ1n) is 6.39. The van der Waals surface area contributed by atoms with Crippen molar-refractivity contribution in [1.29, 1.82) is 0 Å². The van der Waals surface area contributed by atoms with Crippen molar-refractivity contribution < 1.29 is 33.3 Å². The third-order valence-electron chi connectivity index (χ3n) is 2.91. The lowest BCUT2D eigenvalue weighted by Gasteiger charge is -2.42. The van der Waals surface area contributed by atoms with Gasteiger partial charge in [-0.2, -0.15) is 0 Å². The summed E-state index contributed by atoms with van der Waals surface area (Å²) in [7, 11) is 0. The lowest BCUT2D eigenvalue weighted by molar-refractivity contribution is -0.240. The Morgan fingerprint density at radius 2 is 1.00 bits per heavy atom. The summed E-state index contributed by atoms with van der Waals surface area (Å²) in [6, 6.07) is 0. The average molecular weight is 288 g/mol. The molecule has 114 valence electrons. The topological polar surface area (TPSA) is 88.1 Å². The zero-order chi connectivity index (χ0) is 15.4. The van der Waals surface area contributed by atoms with Crippen molar-refractivity contribution in [3.05, 3.63) is 0 Å². The van der Waals surface area contributed by atoms with Crippen LogP contribution in [0.15, 0.2) is 0 Å². The van der Waals surface area contributed by atoms with Gasteiger partial charge >= 0.3 is 17.9 Å².